The number of aliphatic hydroxyl groups is 1. The molecule has 0 amide bonds. The Labute approximate surface area is 201 Å². The summed E-state index contributed by atoms with van der Waals surface area (Å²) in [6.45, 7) is 7.94. The molecule has 1 saturated heterocycles. The van der Waals surface area contributed by atoms with Crippen LogP contribution in [0.5, 0.6) is 11.5 Å². The molecule has 188 valence electrons. The van der Waals surface area contributed by atoms with Crippen molar-refractivity contribution in [2.24, 2.45) is 0 Å². The van der Waals surface area contributed by atoms with Crippen molar-refractivity contribution in [3.8, 4) is 11.5 Å². The van der Waals surface area contributed by atoms with E-state index in [1.807, 2.05) is 26.8 Å². The van der Waals surface area contributed by atoms with Gasteiger partial charge in [-0.15, -0.1) is 0 Å². The number of aliphatic hydroxyl groups excluding tert-OH is 1. The number of hydrogen-bond acceptors (Lipinski definition) is 8. The maximum atomic E-state index is 13.0. The smallest absolute Gasteiger partial charge is 0.326 e. The largest absolute Gasteiger partial charge is 0.504 e. The predicted molar refractivity (Wildman–Crippen MR) is 126 cm³/mol. The zero-order valence-electron chi connectivity index (χ0n) is 21.1. The first kappa shape index (κ1) is 23.9. The van der Waals surface area contributed by atoms with Gasteiger partial charge in [-0.3, -0.25) is 10.1 Å². The molecule has 1 aromatic carbocycles. The Bertz CT molecular complexity index is 990. The summed E-state index contributed by atoms with van der Waals surface area (Å²) in [5.41, 5.74) is 0.697. The topological polar surface area (TPSA) is 100 Å². The van der Waals surface area contributed by atoms with E-state index in [-0.39, 0.29) is 23.9 Å². The van der Waals surface area contributed by atoms with Crippen LogP contribution >= 0.6 is 0 Å². The third-order valence-corrected chi connectivity index (χ3v) is 8.59. The van der Waals surface area contributed by atoms with E-state index in [1.54, 1.807) is 20.1 Å². The second-order valence-corrected chi connectivity index (χ2v) is 11.6. The number of ether oxygens (including phenoxy) is 3. The highest BCUT2D eigenvalue weighted by molar-refractivity contribution is 5.77. The SMILES string of the molecule is CO[C@@]12CCC(N[C@H](C(=O)OC(C)(C)C)[C@@H](C)O)[C@@H]3Oc4c(O)ccc5c4[C@@]31CCN(C)C2C5. The monoisotopic (exact) mass is 474 g/mol. The summed E-state index contributed by atoms with van der Waals surface area (Å²) in [4.78, 5) is 15.4. The zero-order chi connectivity index (χ0) is 24.6. The molecule has 5 rings (SSSR count). The van der Waals surface area contributed by atoms with Crippen molar-refractivity contribution < 1.29 is 29.2 Å². The fourth-order valence-electron chi connectivity index (χ4n) is 7.31. The maximum absolute atomic E-state index is 13.0. The number of piperidine rings is 1. The third-order valence-electron chi connectivity index (χ3n) is 8.59. The average Bonchev–Trinajstić information content (AvgIpc) is 3.11. The summed E-state index contributed by atoms with van der Waals surface area (Å²) in [6.07, 6.45) is 1.88. The molecule has 34 heavy (non-hydrogen) atoms. The molecule has 3 N–H and O–H groups in total. The van der Waals surface area contributed by atoms with Crippen LogP contribution in [0.1, 0.15) is 58.1 Å². The Morgan fingerprint density at radius 2 is 2.06 bits per heavy atom. The van der Waals surface area contributed by atoms with E-state index in [0.29, 0.717) is 12.2 Å². The first-order valence-corrected chi connectivity index (χ1v) is 12.4. The second-order valence-electron chi connectivity index (χ2n) is 11.6. The lowest BCUT2D eigenvalue weighted by Crippen LogP contribution is -2.78. The van der Waals surface area contributed by atoms with Crippen LogP contribution in [0.4, 0.5) is 0 Å². The third kappa shape index (κ3) is 3.15. The molecule has 2 bridgehead atoms. The van der Waals surface area contributed by atoms with E-state index in [1.165, 1.54) is 5.56 Å². The van der Waals surface area contributed by atoms with Crippen LogP contribution in [0.25, 0.3) is 0 Å². The van der Waals surface area contributed by atoms with Gasteiger partial charge in [-0.2, -0.15) is 0 Å². The highest BCUT2D eigenvalue weighted by atomic mass is 16.6. The lowest BCUT2D eigenvalue weighted by Gasteiger charge is -2.65. The summed E-state index contributed by atoms with van der Waals surface area (Å²) in [6, 6.07) is 2.82. The van der Waals surface area contributed by atoms with Crippen LogP contribution in [-0.4, -0.2) is 83.3 Å². The Balaban J connectivity index is 1.57. The molecular formula is C26H38N2O6. The number of hydrogen-bond donors (Lipinski definition) is 3. The van der Waals surface area contributed by atoms with Crippen molar-refractivity contribution in [1.82, 2.24) is 10.2 Å². The molecular weight excluding hydrogens is 436 g/mol. The Kier molecular flexibility index (Phi) is 5.48. The van der Waals surface area contributed by atoms with E-state index in [4.69, 9.17) is 14.2 Å². The summed E-state index contributed by atoms with van der Waals surface area (Å²) in [5.74, 6) is 0.210. The van der Waals surface area contributed by atoms with E-state index >= 15 is 0 Å². The van der Waals surface area contributed by atoms with Crippen molar-refractivity contribution in [1.29, 1.82) is 0 Å². The number of carbonyl (C=O) groups is 1. The van der Waals surface area contributed by atoms with Crippen molar-refractivity contribution in [3.63, 3.8) is 0 Å². The second kappa shape index (κ2) is 7.82. The molecule has 0 aromatic heterocycles. The number of rotatable bonds is 5. The van der Waals surface area contributed by atoms with Crippen molar-refractivity contribution in [3.05, 3.63) is 23.3 Å². The van der Waals surface area contributed by atoms with Crippen LogP contribution in [0.3, 0.4) is 0 Å². The standard InChI is InChI=1S/C26H38N2O6/c1-14(29)20(23(31)34-24(2,3)4)27-16-9-10-26(32-6)18-13-15-7-8-17(30)21-19(15)25(26,22(16)33-21)11-12-28(18)5/h7-8,14,16,18,20,22,27,29-30H,9-13H2,1-6H3/t14-,16?,18?,20+,22+,25+,26-/m1/s1. The molecule has 1 saturated carbocycles. The molecule has 0 radical (unpaired) electrons. The minimum absolute atomic E-state index is 0.142. The molecule has 2 fully saturated rings. The van der Waals surface area contributed by atoms with E-state index in [0.717, 1.165) is 31.4 Å². The molecule has 1 aromatic rings. The van der Waals surface area contributed by atoms with Crippen molar-refractivity contribution in [2.45, 2.75) is 100 Å². The first-order chi connectivity index (χ1) is 15.9. The highest BCUT2D eigenvalue weighted by Crippen LogP contribution is 2.66. The number of likely N-dealkylation sites (tertiary alicyclic amines) is 1. The normalized spacial score (nSPS) is 35.8. The predicted octanol–water partition coefficient (Wildman–Crippen LogP) is 1.88. The summed E-state index contributed by atoms with van der Waals surface area (Å²) >= 11 is 0. The molecule has 8 heteroatoms. The molecule has 2 heterocycles. The number of carbonyl (C=O) groups excluding carboxylic acids is 1. The lowest BCUT2D eigenvalue weighted by molar-refractivity contribution is -0.204. The number of nitrogens with one attached hydrogen (secondary N) is 1. The van der Waals surface area contributed by atoms with Crippen LogP contribution in [0.15, 0.2) is 12.1 Å². The van der Waals surface area contributed by atoms with Gasteiger partial charge < -0.3 is 29.3 Å². The number of phenolic OH excluding ortho intramolecular Hbond substituents is 1. The van der Waals surface area contributed by atoms with Gasteiger partial charge in [0.2, 0.25) is 0 Å². The van der Waals surface area contributed by atoms with Gasteiger partial charge >= 0.3 is 5.97 Å². The fraction of sp³-hybridized carbons (Fsp3) is 0.731. The summed E-state index contributed by atoms with van der Waals surface area (Å²) in [7, 11) is 3.95. The maximum Gasteiger partial charge on any atom is 0.326 e. The van der Waals surface area contributed by atoms with Gasteiger partial charge in [-0.05, 0) is 78.6 Å². The molecule has 4 aliphatic rings. The number of likely N-dealkylation sites (N-methyl/N-ethyl adjacent to an activating group) is 1. The van der Waals surface area contributed by atoms with Crippen LogP contribution in [-0.2, 0) is 26.1 Å². The minimum atomic E-state index is -0.939. The molecule has 2 aliphatic heterocycles. The minimum Gasteiger partial charge on any atom is -0.504 e. The van der Waals surface area contributed by atoms with E-state index in [9.17, 15) is 15.0 Å². The van der Waals surface area contributed by atoms with Gasteiger partial charge in [-0.1, -0.05) is 6.07 Å². The van der Waals surface area contributed by atoms with Gasteiger partial charge in [0, 0.05) is 24.8 Å². The van der Waals surface area contributed by atoms with Gasteiger partial charge in [0.1, 0.15) is 17.7 Å². The van der Waals surface area contributed by atoms with E-state index in [2.05, 4.69) is 17.3 Å². The van der Waals surface area contributed by atoms with Gasteiger partial charge in [-0.25, -0.2) is 0 Å². The molecule has 8 nitrogen and oxygen atoms in total. The number of aromatic hydroxyl groups is 1. The molecule has 2 unspecified atom stereocenters. The fourth-order valence-corrected chi connectivity index (χ4v) is 7.31. The quantitative estimate of drug-likeness (QED) is 0.557. The lowest BCUT2D eigenvalue weighted by atomic mass is 9.48. The van der Waals surface area contributed by atoms with Crippen molar-refractivity contribution in [2.75, 3.05) is 20.7 Å². The zero-order valence-corrected chi connectivity index (χ0v) is 21.1. The van der Waals surface area contributed by atoms with Crippen molar-refractivity contribution >= 4 is 5.97 Å². The molecule has 2 aliphatic carbocycles. The van der Waals surface area contributed by atoms with Gasteiger partial charge in [0.15, 0.2) is 11.5 Å². The number of benzene rings is 1. The molecule has 7 atom stereocenters. The van der Waals surface area contributed by atoms with Crippen LogP contribution < -0.4 is 10.1 Å². The number of nitrogens with zero attached hydrogens (tertiary/aromatic N) is 1. The summed E-state index contributed by atoms with van der Waals surface area (Å²) in [5, 5.41) is 24.7. The summed E-state index contributed by atoms with van der Waals surface area (Å²) < 4.78 is 18.7. The Morgan fingerprint density at radius 1 is 1.32 bits per heavy atom. The van der Waals surface area contributed by atoms with Crippen LogP contribution in [0.2, 0.25) is 0 Å². The average molecular weight is 475 g/mol. The number of esters is 1. The first-order valence-electron chi connectivity index (χ1n) is 12.4. The van der Waals surface area contributed by atoms with Gasteiger partial charge in [0.05, 0.1) is 17.1 Å². The Hall–Kier alpha value is -1.87. The Morgan fingerprint density at radius 3 is 2.71 bits per heavy atom. The van der Waals surface area contributed by atoms with Crippen LogP contribution in [0, 0.1) is 0 Å². The van der Waals surface area contributed by atoms with E-state index < -0.39 is 34.7 Å². The number of methoxy groups -OCH3 is 1. The van der Waals surface area contributed by atoms with Gasteiger partial charge in [0.25, 0.3) is 0 Å². The highest BCUT2D eigenvalue weighted by Gasteiger charge is 2.73. The molecule has 1 spiro atoms. The number of phenols is 1.